The lowest BCUT2D eigenvalue weighted by molar-refractivity contribution is -0.138. The Kier molecular flexibility index (Phi) is 13.7. The molecule has 0 unspecified atom stereocenters. The van der Waals surface area contributed by atoms with E-state index in [0.717, 1.165) is 19.3 Å². The monoisotopic (exact) mass is 311 g/mol. The average Bonchev–Trinajstić information content (AvgIpc) is 2.49. The quantitative estimate of drug-likeness (QED) is 0.382. The van der Waals surface area contributed by atoms with Crippen LogP contribution in [0.1, 0.15) is 78.1 Å². The van der Waals surface area contributed by atoms with Crippen LogP contribution < -0.4 is 0 Å². The van der Waals surface area contributed by atoms with Crippen LogP contribution in [-0.4, -0.2) is 35.0 Å². The van der Waals surface area contributed by atoms with E-state index >= 15 is 0 Å². The molecular formula is C18H33NO3. The second-order valence-electron chi connectivity index (χ2n) is 5.73. The van der Waals surface area contributed by atoms with Gasteiger partial charge in [0.2, 0.25) is 5.91 Å². The fourth-order valence-corrected chi connectivity index (χ4v) is 2.33. The van der Waals surface area contributed by atoms with Crippen LogP contribution in [0.4, 0.5) is 0 Å². The molecule has 0 aromatic heterocycles. The molecule has 0 fully saturated rings. The number of hydrogen-bond donors (Lipinski definition) is 1. The van der Waals surface area contributed by atoms with Gasteiger partial charge in [-0.1, -0.05) is 64.5 Å². The molecule has 0 bridgehead atoms. The van der Waals surface area contributed by atoms with Crippen molar-refractivity contribution in [3.05, 3.63) is 12.2 Å². The summed E-state index contributed by atoms with van der Waals surface area (Å²) in [5.41, 5.74) is 0. The van der Waals surface area contributed by atoms with Gasteiger partial charge >= 0.3 is 5.97 Å². The number of nitrogens with zero attached hydrogens (tertiary/aromatic N) is 1. The minimum absolute atomic E-state index is 0.0275. The van der Waals surface area contributed by atoms with E-state index in [1.165, 1.54) is 32.1 Å². The van der Waals surface area contributed by atoms with Crippen molar-refractivity contribution in [3.63, 3.8) is 0 Å². The van der Waals surface area contributed by atoms with E-state index in [2.05, 4.69) is 6.92 Å². The molecule has 0 aliphatic rings. The summed E-state index contributed by atoms with van der Waals surface area (Å²) in [6, 6.07) is 0. The molecule has 0 aromatic carbocycles. The number of carbonyl (C=O) groups is 2. The molecule has 0 radical (unpaired) electrons. The van der Waals surface area contributed by atoms with Gasteiger partial charge in [0, 0.05) is 19.5 Å². The second kappa shape index (κ2) is 14.6. The zero-order valence-electron chi connectivity index (χ0n) is 14.4. The molecule has 1 N–H and O–H groups in total. The molecule has 128 valence electrons. The number of allylic oxidation sites excluding steroid dienone is 1. The lowest BCUT2D eigenvalue weighted by Crippen LogP contribution is -2.33. The zero-order valence-corrected chi connectivity index (χ0v) is 14.4. The van der Waals surface area contributed by atoms with Crippen molar-refractivity contribution in [2.75, 3.05) is 13.1 Å². The maximum atomic E-state index is 12.1. The van der Waals surface area contributed by atoms with Gasteiger partial charge in [0.05, 0.1) is 6.42 Å². The first kappa shape index (κ1) is 20.7. The van der Waals surface area contributed by atoms with Gasteiger partial charge in [0.25, 0.3) is 0 Å². The Bertz CT molecular complexity index is 326. The SMILES string of the molecule is CC/C=C/CC(=O)N(CCCCCCCCC)CCC(=O)O. The van der Waals surface area contributed by atoms with Crippen molar-refractivity contribution in [3.8, 4) is 0 Å². The second-order valence-corrected chi connectivity index (χ2v) is 5.73. The maximum absolute atomic E-state index is 12.1. The van der Waals surface area contributed by atoms with Crippen molar-refractivity contribution in [1.29, 1.82) is 0 Å². The fourth-order valence-electron chi connectivity index (χ4n) is 2.33. The molecule has 0 saturated carbocycles. The molecule has 0 heterocycles. The molecule has 4 heteroatoms. The minimum Gasteiger partial charge on any atom is -0.481 e. The fraction of sp³-hybridized carbons (Fsp3) is 0.778. The highest BCUT2D eigenvalue weighted by Crippen LogP contribution is 2.08. The minimum atomic E-state index is -0.846. The van der Waals surface area contributed by atoms with E-state index in [9.17, 15) is 9.59 Å². The number of hydrogen-bond acceptors (Lipinski definition) is 2. The van der Waals surface area contributed by atoms with Gasteiger partial charge < -0.3 is 10.0 Å². The molecule has 0 aliphatic heterocycles. The van der Waals surface area contributed by atoms with Crippen LogP contribution in [0.3, 0.4) is 0 Å². The smallest absolute Gasteiger partial charge is 0.305 e. The Morgan fingerprint density at radius 3 is 2.14 bits per heavy atom. The van der Waals surface area contributed by atoms with Gasteiger partial charge in [-0.25, -0.2) is 0 Å². The predicted octanol–water partition coefficient (Wildman–Crippen LogP) is 4.40. The van der Waals surface area contributed by atoms with Crippen LogP contribution in [-0.2, 0) is 9.59 Å². The van der Waals surface area contributed by atoms with Crippen LogP contribution in [0.5, 0.6) is 0 Å². The molecule has 4 nitrogen and oxygen atoms in total. The van der Waals surface area contributed by atoms with Crippen molar-refractivity contribution >= 4 is 11.9 Å². The third kappa shape index (κ3) is 12.4. The molecule has 0 aliphatic carbocycles. The zero-order chi connectivity index (χ0) is 16.6. The van der Waals surface area contributed by atoms with E-state index in [1.54, 1.807) is 4.90 Å². The van der Waals surface area contributed by atoms with Crippen molar-refractivity contribution in [2.45, 2.75) is 78.1 Å². The first-order valence-corrected chi connectivity index (χ1v) is 8.76. The van der Waals surface area contributed by atoms with Crippen LogP contribution in [0, 0.1) is 0 Å². The molecule has 0 aromatic rings. The number of carboxylic acid groups (broad SMARTS) is 1. The van der Waals surface area contributed by atoms with Gasteiger partial charge in [-0.15, -0.1) is 0 Å². The normalized spacial score (nSPS) is 11.0. The van der Waals surface area contributed by atoms with Crippen LogP contribution >= 0.6 is 0 Å². The summed E-state index contributed by atoms with van der Waals surface area (Å²) in [6.45, 7) is 5.24. The third-order valence-corrected chi connectivity index (χ3v) is 3.67. The summed E-state index contributed by atoms with van der Waals surface area (Å²) in [5, 5.41) is 8.80. The first-order valence-electron chi connectivity index (χ1n) is 8.76. The van der Waals surface area contributed by atoms with Gasteiger partial charge in [-0.2, -0.15) is 0 Å². The Balaban J connectivity index is 4.04. The molecule has 22 heavy (non-hydrogen) atoms. The van der Waals surface area contributed by atoms with Crippen LogP contribution in [0.2, 0.25) is 0 Å². The molecule has 0 atom stereocenters. The van der Waals surface area contributed by atoms with Crippen molar-refractivity contribution in [1.82, 2.24) is 4.90 Å². The summed E-state index contributed by atoms with van der Waals surface area (Å²) in [5.74, 6) is -0.807. The summed E-state index contributed by atoms with van der Waals surface area (Å²) in [4.78, 5) is 24.5. The highest BCUT2D eigenvalue weighted by atomic mass is 16.4. The largest absolute Gasteiger partial charge is 0.481 e. The highest BCUT2D eigenvalue weighted by Gasteiger charge is 2.13. The Morgan fingerprint density at radius 1 is 0.909 bits per heavy atom. The lowest BCUT2D eigenvalue weighted by atomic mass is 10.1. The van der Waals surface area contributed by atoms with E-state index in [0.29, 0.717) is 19.5 Å². The molecule has 1 amide bonds. The van der Waals surface area contributed by atoms with E-state index in [-0.39, 0.29) is 12.3 Å². The van der Waals surface area contributed by atoms with E-state index in [1.807, 2.05) is 19.1 Å². The maximum Gasteiger partial charge on any atom is 0.305 e. The topological polar surface area (TPSA) is 57.6 Å². The highest BCUT2D eigenvalue weighted by molar-refractivity contribution is 5.78. The molecule has 0 saturated heterocycles. The van der Waals surface area contributed by atoms with Gasteiger partial charge in [0.1, 0.15) is 0 Å². The van der Waals surface area contributed by atoms with Gasteiger partial charge in [0.15, 0.2) is 0 Å². The molecule has 0 spiro atoms. The summed E-state index contributed by atoms with van der Waals surface area (Å²) in [7, 11) is 0. The lowest BCUT2D eigenvalue weighted by Gasteiger charge is -2.21. The predicted molar refractivity (Wildman–Crippen MR) is 90.9 cm³/mol. The van der Waals surface area contributed by atoms with Gasteiger partial charge in [-0.05, 0) is 12.8 Å². The molecule has 0 rings (SSSR count). The number of carboxylic acids is 1. The Morgan fingerprint density at radius 2 is 1.55 bits per heavy atom. The van der Waals surface area contributed by atoms with Crippen molar-refractivity contribution in [2.24, 2.45) is 0 Å². The Hall–Kier alpha value is -1.32. The third-order valence-electron chi connectivity index (χ3n) is 3.67. The van der Waals surface area contributed by atoms with E-state index in [4.69, 9.17) is 5.11 Å². The van der Waals surface area contributed by atoms with Crippen molar-refractivity contribution < 1.29 is 14.7 Å². The number of amides is 1. The first-order chi connectivity index (χ1) is 10.6. The van der Waals surface area contributed by atoms with Gasteiger partial charge in [-0.3, -0.25) is 9.59 Å². The summed E-state index contributed by atoms with van der Waals surface area (Å²) in [6.07, 6.45) is 13.6. The number of aliphatic carboxylic acids is 1. The van der Waals surface area contributed by atoms with Crippen LogP contribution in [0.15, 0.2) is 12.2 Å². The Labute approximate surface area is 135 Å². The number of unbranched alkanes of at least 4 members (excludes halogenated alkanes) is 6. The summed E-state index contributed by atoms with van der Waals surface area (Å²) >= 11 is 0. The number of carbonyl (C=O) groups excluding carboxylic acids is 1. The summed E-state index contributed by atoms with van der Waals surface area (Å²) < 4.78 is 0. The van der Waals surface area contributed by atoms with Crippen LogP contribution in [0.25, 0.3) is 0 Å². The van der Waals surface area contributed by atoms with E-state index < -0.39 is 5.97 Å². The standard InChI is InChI=1S/C18H33NO3/c1-3-5-7-8-9-10-12-15-19(16-14-18(21)22)17(20)13-11-6-4-2/h6,11H,3-5,7-10,12-16H2,1-2H3,(H,21,22)/b11-6+. The molecular weight excluding hydrogens is 278 g/mol. The number of rotatable bonds is 14. The average molecular weight is 311 g/mol.